The number of aliphatic hydroxyl groups is 1. The van der Waals surface area contributed by atoms with Crippen LogP contribution in [0.2, 0.25) is 0 Å². The van der Waals surface area contributed by atoms with Crippen LogP contribution in [0.3, 0.4) is 0 Å². The van der Waals surface area contributed by atoms with Gasteiger partial charge >= 0.3 is 5.97 Å². The highest BCUT2D eigenvalue weighted by molar-refractivity contribution is 5.84. The number of pyridine rings is 1. The standard InChI is InChI=1S/C30H30F4N2O4/c1-18(37)40-17-21-16-36(10-3-4-20-12-22(31)13-25(32)30(20)34)11-9-19(21)5-8-28(38)29-24-14-23(39-2)6-7-27(24)35-15-26(29)33/h6-7,12-15,19,21,28,38H,5,8-11,16-17H2,1-2H3. The van der Waals surface area contributed by atoms with Gasteiger partial charge < -0.3 is 14.6 Å². The molecule has 1 N–H and O–H groups in total. The number of hydrogen-bond acceptors (Lipinski definition) is 6. The highest BCUT2D eigenvalue weighted by atomic mass is 19.2. The van der Waals surface area contributed by atoms with Crippen LogP contribution in [0.25, 0.3) is 10.9 Å². The van der Waals surface area contributed by atoms with Gasteiger partial charge in [0.2, 0.25) is 0 Å². The number of aliphatic hydroxyl groups excluding tert-OH is 1. The molecule has 3 atom stereocenters. The minimum Gasteiger partial charge on any atom is -0.497 e. The molecular formula is C30H30F4N2O4. The Bertz CT molecular complexity index is 1440. The lowest BCUT2D eigenvalue weighted by molar-refractivity contribution is -0.143. The number of carbonyl (C=O) groups is 1. The van der Waals surface area contributed by atoms with E-state index < -0.39 is 35.3 Å². The molecule has 0 radical (unpaired) electrons. The number of esters is 1. The number of aromatic nitrogens is 1. The van der Waals surface area contributed by atoms with E-state index in [1.807, 2.05) is 4.90 Å². The van der Waals surface area contributed by atoms with Gasteiger partial charge in [-0.15, -0.1) is 0 Å². The van der Waals surface area contributed by atoms with Crippen molar-refractivity contribution in [2.75, 3.05) is 33.4 Å². The van der Waals surface area contributed by atoms with Crippen molar-refractivity contribution >= 4 is 16.9 Å². The molecule has 1 aliphatic heterocycles. The Morgan fingerprint density at radius 3 is 2.73 bits per heavy atom. The maximum Gasteiger partial charge on any atom is 0.302 e. The second-order valence-electron chi connectivity index (χ2n) is 9.89. The number of likely N-dealkylation sites (tertiary alicyclic amines) is 1. The summed E-state index contributed by atoms with van der Waals surface area (Å²) in [5.74, 6) is 1.33. The number of benzene rings is 2. The zero-order valence-corrected chi connectivity index (χ0v) is 22.2. The number of halogens is 4. The van der Waals surface area contributed by atoms with Crippen LogP contribution in [0.1, 0.15) is 43.4 Å². The zero-order valence-electron chi connectivity index (χ0n) is 22.2. The van der Waals surface area contributed by atoms with Crippen LogP contribution < -0.4 is 4.74 Å². The number of carbonyl (C=O) groups excluding carboxylic acids is 1. The predicted molar refractivity (Wildman–Crippen MR) is 140 cm³/mol. The van der Waals surface area contributed by atoms with Crippen molar-refractivity contribution in [3.05, 3.63) is 70.9 Å². The second-order valence-corrected chi connectivity index (χ2v) is 9.89. The molecule has 0 spiro atoms. The number of methoxy groups -OCH3 is 1. The first kappa shape index (κ1) is 29.3. The highest BCUT2D eigenvalue weighted by Gasteiger charge is 2.31. The summed E-state index contributed by atoms with van der Waals surface area (Å²) in [6.07, 6.45) is 1.53. The van der Waals surface area contributed by atoms with Gasteiger partial charge in [-0.3, -0.25) is 14.7 Å². The van der Waals surface area contributed by atoms with Gasteiger partial charge in [-0.1, -0.05) is 11.8 Å². The van der Waals surface area contributed by atoms with Gasteiger partial charge in [-0.2, -0.15) is 0 Å². The SMILES string of the molecule is COc1ccc2ncc(F)c(C(O)CCC3CCN(CC#Cc4cc(F)cc(F)c4F)CC3COC(C)=O)c2c1. The largest absolute Gasteiger partial charge is 0.497 e. The lowest BCUT2D eigenvalue weighted by Gasteiger charge is -2.38. The first-order valence-electron chi connectivity index (χ1n) is 13.0. The Morgan fingerprint density at radius 1 is 1.18 bits per heavy atom. The molecule has 40 heavy (non-hydrogen) atoms. The monoisotopic (exact) mass is 558 g/mol. The summed E-state index contributed by atoms with van der Waals surface area (Å²) in [5, 5.41) is 11.5. The first-order chi connectivity index (χ1) is 19.2. The minimum atomic E-state index is -1.30. The third-order valence-corrected chi connectivity index (χ3v) is 7.21. The molecular weight excluding hydrogens is 528 g/mol. The topological polar surface area (TPSA) is 71.9 Å². The van der Waals surface area contributed by atoms with Gasteiger partial charge in [-0.05, 0) is 56.0 Å². The summed E-state index contributed by atoms with van der Waals surface area (Å²) in [7, 11) is 1.50. The fraction of sp³-hybridized carbons (Fsp3) is 0.400. The quantitative estimate of drug-likeness (QED) is 0.178. The van der Waals surface area contributed by atoms with Crippen LogP contribution in [0.4, 0.5) is 17.6 Å². The maximum atomic E-state index is 14.8. The second kappa shape index (κ2) is 13.1. The third kappa shape index (κ3) is 7.09. The van der Waals surface area contributed by atoms with E-state index in [2.05, 4.69) is 16.8 Å². The van der Waals surface area contributed by atoms with Gasteiger partial charge in [0.25, 0.3) is 0 Å². The lowest BCUT2D eigenvalue weighted by Crippen LogP contribution is -2.42. The van der Waals surface area contributed by atoms with Crippen LogP contribution in [0, 0.1) is 46.9 Å². The Morgan fingerprint density at radius 2 is 1.98 bits per heavy atom. The van der Waals surface area contributed by atoms with Crippen LogP contribution in [-0.4, -0.2) is 54.3 Å². The number of fused-ring (bicyclic) bond motifs is 1. The number of ether oxygens (including phenoxy) is 2. The van der Waals surface area contributed by atoms with Crippen molar-refractivity contribution in [2.24, 2.45) is 11.8 Å². The summed E-state index contributed by atoms with van der Waals surface area (Å²) in [6, 6.07) is 6.38. The van der Waals surface area contributed by atoms with Gasteiger partial charge in [-0.25, -0.2) is 17.6 Å². The van der Waals surface area contributed by atoms with Gasteiger partial charge in [0.15, 0.2) is 11.6 Å². The summed E-state index contributed by atoms with van der Waals surface area (Å²) in [5.41, 5.74) is 0.347. The normalized spacial score (nSPS) is 18.2. The van der Waals surface area contributed by atoms with E-state index in [1.165, 1.54) is 14.0 Å². The molecule has 3 aromatic rings. The van der Waals surface area contributed by atoms with Crippen molar-refractivity contribution in [3.8, 4) is 17.6 Å². The number of nitrogens with zero attached hydrogens (tertiary/aromatic N) is 2. The molecule has 1 fully saturated rings. The molecule has 0 amide bonds. The van der Waals surface area contributed by atoms with E-state index in [0.717, 1.165) is 12.3 Å². The highest BCUT2D eigenvalue weighted by Crippen LogP contribution is 2.35. The molecule has 2 heterocycles. The van der Waals surface area contributed by atoms with E-state index in [9.17, 15) is 27.5 Å². The molecule has 10 heteroatoms. The van der Waals surface area contributed by atoms with E-state index in [4.69, 9.17) is 9.47 Å². The van der Waals surface area contributed by atoms with Crippen molar-refractivity contribution in [1.82, 2.24) is 9.88 Å². The third-order valence-electron chi connectivity index (χ3n) is 7.21. The maximum absolute atomic E-state index is 14.8. The van der Waals surface area contributed by atoms with Crippen LogP contribution in [-0.2, 0) is 9.53 Å². The Labute approximate surface area is 229 Å². The molecule has 1 aromatic heterocycles. The minimum absolute atomic E-state index is 0.0682. The molecule has 1 saturated heterocycles. The summed E-state index contributed by atoms with van der Waals surface area (Å²) < 4.78 is 66.1. The molecule has 0 bridgehead atoms. The average Bonchev–Trinajstić information content (AvgIpc) is 2.93. The number of hydrogen-bond donors (Lipinski definition) is 1. The van der Waals surface area contributed by atoms with E-state index in [-0.39, 0.29) is 42.5 Å². The smallest absolute Gasteiger partial charge is 0.302 e. The fourth-order valence-corrected chi connectivity index (χ4v) is 5.14. The Hall–Kier alpha value is -3.68. The molecule has 0 saturated carbocycles. The van der Waals surface area contributed by atoms with E-state index in [0.29, 0.717) is 48.6 Å². The van der Waals surface area contributed by atoms with Crippen molar-refractivity contribution in [1.29, 1.82) is 0 Å². The first-order valence-corrected chi connectivity index (χ1v) is 13.0. The van der Waals surface area contributed by atoms with Crippen molar-refractivity contribution in [3.63, 3.8) is 0 Å². The van der Waals surface area contributed by atoms with E-state index in [1.54, 1.807) is 18.2 Å². The number of piperidine rings is 1. The summed E-state index contributed by atoms with van der Waals surface area (Å²) >= 11 is 0. The molecule has 1 aliphatic rings. The molecule has 6 nitrogen and oxygen atoms in total. The Kier molecular flexibility index (Phi) is 9.61. The molecule has 2 aromatic carbocycles. The van der Waals surface area contributed by atoms with Gasteiger partial charge in [0.05, 0.1) is 43.6 Å². The van der Waals surface area contributed by atoms with Gasteiger partial charge in [0, 0.05) is 36.4 Å². The molecule has 0 aliphatic carbocycles. The predicted octanol–water partition coefficient (Wildman–Crippen LogP) is 5.17. The number of rotatable bonds is 8. The molecule has 3 unspecified atom stereocenters. The van der Waals surface area contributed by atoms with Crippen molar-refractivity contribution in [2.45, 2.75) is 32.3 Å². The van der Waals surface area contributed by atoms with Crippen LogP contribution >= 0.6 is 0 Å². The summed E-state index contributed by atoms with van der Waals surface area (Å²) in [6.45, 7) is 2.83. The zero-order chi connectivity index (χ0) is 28.8. The van der Waals surface area contributed by atoms with Crippen LogP contribution in [0.5, 0.6) is 5.75 Å². The lowest BCUT2D eigenvalue weighted by atomic mass is 9.81. The average molecular weight is 559 g/mol. The van der Waals surface area contributed by atoms with E-state index >= 15 is 0 Å². The van der Waals surface area contributed by atoms with Crippen LogP contribution in [0.15, 0.2) is 36.5 Å². The van der Waals surface area contributed by atoms with Crippen molar-refractivity contribution < 1.29 is 36.9 Å². The Balaban J connectivity index is 1.44. The fourth-order valence-electron chi connectivity index (χ4n) is 5.14. The molecule has 212 valence electrons. The summed E-state index contributed by atoms with van der Waals surface area (Å²) in [4.78, 5) is 17.6. The molecule has 4 rings (SSSR count). The van der Waals surface area contributed by atoms with Gasteiger partial charge in [0.1, 0.15) is 17.4 Å².